The monoisotopic (exact) mass is 576 g/mol. The van der Waals surface area contributed by atoms with Crippen LogP contribution < -0.4 is 9.47 Å². The maximum Gasteiger partial charge on any atom is 0.128 e. The van der Waals surface area contributed by atoms with E-state index in [0.717, 1.165) is 51.6 Å². The predicted molar refractivity (Wildman–Crippen MR) is 109 cm³/mol. The van der Waals surface area contributed by atoms with E-state index < -0.39 is 0 Å². The van der Waals surface area contributed by atoms with Gasteiger partial charge in [0.2, 0.25) is 0 Å². The molecule has 0 bridgehead atoms. The molecule has 0 aliphatic carbocycles. The Morgan fingerprint density at radius 2 is 1.80 bits per heavy atom. The van der Waals surface area contributed by atoms with Gasteiger partial charge >= 0.3 is 0 Å². The number of hydrogen-bond donors (Lipinski definition) is 0. The van der Waals surface area contributed by atoms with Gasteiger partial charge in [-0.15, -0.1) is 23.8 Å². The Morgan fingerprint density at radius 3 is 2.57 bits per heavy atom. The fourth-order valence-electron chi connectivity index (χ4n) is 3.69. The van der Waals surface area contributed by atoms with E-state index >= 15 is 0 Å². The van der Waals surface area contributed by atoms with Crippen LogP contribution in [0.1, 0.15) is 16.7 Å². The molecule has 1 aliphatic heterocycles. The summed E-state index contributed by atoms with van der Waals surface area (Å²) in [5.74, 6) is 3.13. The molecule has 0 spiro atoms. The number of fused-ring (bicyclic) bond motifs is 1. The fraction of sp³-hybridized carbons (Fsp3) is 0.174. The summed E-state index contributed by atoms with van der Waals surface area (Å²) in [6.07, 6.45) is 0.891. The van der Waals surface area contributed by atoms with E-state index in [0.29, 0.717) is 12.4 Å². The second-order valence-corrected chi connectivity index (χ2v) is 7.07. The average Bonchev–Trinajstić information content (AvgIpc) is 3.37. The van der Waals surface area contributed by atoms with Crippen LogP contribution in [0.4, 0.5) is 0 Å². The van der Waals surface area contributed by atoms with Crippen molar-refractivity contribution in [2.24, 2.45) is 0 Å². The Hall–Kier alpha value is -3.02. The van der Waals surface area contributed by atoms with Gasteiger partial charge in [0.15, 0.2) is 0 Å². The van der Waals surface area contributed by atoms with Gasteiger partial charge in [0.1, 0.15) is 17.3 Å². The van der Waals surface area contributed by atoms with Crippen molar-refractivity contribution in [2.45, 2.75) is 20.3 Å². The van der Waals surface area contributed by atoms with Crippen molar-refractivity contribution >= 4 is 0 Å². The number of nitrogens with zero attached hydrogens (tertiary/aromatic N) is 4. The number of hydrogen-bond acceptors (Lipinski definition) is 5. The van der Waals surface area contributed by atoms with E-state index in [1.54, 1.807) is 4.68 Å². The number of aromatic nitrogens is 4. The van der Waals surface area contributed by atoms with Crippen LogP contribution in [-0.4, -0.2) is 26.8 Å². The van der Waals surface area contributed by atoms with E-state index in [1.807, 2.05) is 62.4 Å². The zero-order valence-corrected chi connectivity index (χ0v) is 18.9. The third kappa shape index (κ3) is 3.74. The van der Waals surface area contributed by atoms with Gasteiger partial charge in [-0.05, 0) is 66.1 Å². The van der Waals surface area contributed by atoms with Crippen LogP contribution in [-0.2, 0) is 26.5 Å². The van der Waals surface area contributed by atoms with E-state index in [9.17, 15) is 0 Å². The number of rotatable bonds is 4. The summed E-state index contributed by atoms with van der Waals surface area (Å²) < 4.78 is 13.3. The number of para-hydroxylation sites is 1. The summed E-state index contributed by atoms with van der Waals surface area (Å²) in [6, 6.07) is 20.9. The Balaban J connectivity index is 0.00000218. The fourth-order valence-corrected chi connectivity index (χ4v) is 3.69. The molecule has 5 rings (SSSR count). The standard InChI is InChI=1S/C23H19N4O2.Ir/c1-15-12-20(29-19-6-4-3-5-7-19)13-16(2)22(15)27-23(24-25-26-27)18-8-9-21-17(14-18)10-11-28-21;/h3-7,9,12-14H,10-11H2,1-2H3;/q-1;. The normalized spacial score (nSPS) is 12.1. The van der Waals surface area contributed by atoms with Crippen molar-refractivity contribution in [1.82, 2.24) is 20.2 Å². The van der Waals surface area contributed by atoms with Crippen LogP contribution in [0.25, 0.3) is 17.1 Å². The second kappa shape index (κ2) is 8.38. The summed E-state index contributed by atoms with van der Waals surface area (Å²) in [7, 11) is 0. The molecule has 30 heavy (non-hydrogen) atoms. The summed E-state index contributed by atoms with van der Waals surface area (Å²) in [5, 5.41) is 12.4. The molecular weight excluding hydrogens is 556 g/mol. The van der Waals surface area contributed by atoms with E-state index in [-0.39, 0.29) is 20.1 Å². The van der Waals surface area contributed by atoms with Gasteiger partial charge in [0, 0.05) is 25.9 Å². The number of aryl methyl sites for hydroxylation is 2. The van der Waals surface area contributed by atoms with Gasteiger partial charge in [-0.25, -0.2) is 4.68 Å². The van der Waals surface area contributed by atoms with Gasteiger partial charge in [0.25, 0.3) is 0 Å². The Kier molecular flexibility index (Phi) is 5.66. The minimum Gasteiger partial charge on any atom is -0.536 e. The minimum absolute atomic E-state index is 0. The molecule has 1 radical (unpaired) electrons. The first-order valence-electron chi connectivity index (χ1n) is 9.50. The van der Waals surface area contributed by atoms with Crippen LogP contribution >= 0.6 is 0 Å². The quantitative estimate of drug-likeness (QED) is 0.336. The molecule has 1 aromatic heterocycles. The maximum atomic E-state index is 6.00. The van der Waals surface area contributed by atoms with Crippen LogP contribution in [0.3, 0.4) is 0 Å². The van der Waals surface area contributed by atoms with Crippen LogP contribution in [0.5, 0.6) is 17.2 Å². The van der Waals surface area contributed by atoms with Gasteiger partial charge in [-0.2, -0.15) is 5.10 Å². The molecule has 0 amide bonds. The van der Waals surface area contributed by atoms with Crippen molar-refractivity contribution in [1.29, 1.82) is 0 Å². The van der Waals surface area contributed by atoms with Gasteiger partial charge in [0.05, 0.1) is 12.3 Å². The Bertz CT molecular complexity index is 1170. The molecule has 6 nitrogen and oxygen atoms in total. The molecule has 4 aromatic rings. The summed E-state index contributed by atoms with van der Waals surface area (Å²) >= 11 is 0. The first-order chi connectivity index (χ1) is 14.2. The molecule has 0 N–H and O–H groups in total. The van der Waals surface area contributed by atoms with Crippen LogP contribution in [0.15, 0.2) is 54.6 Å². The zero-order chi connectivity index (χ0) is 19.8. The van der Waals surface area contributed by atoms with Crippen molar-refractivity contribution < 1.29 is 29.6 Å². The van der Waals surface area contributed by atoms with Gasteiger partial charge in [-0.1, -0.05) is 23.8 Å². The topological polar surface area (TPSA) is 62.1 Å². The van der Waals surface area contributed by atoms with Crippen molar-refractivity contribution in [3.63, 3.8) is 0 Å². The molecule has 0 fully saturated rings. The first kappa shape index (κ1) is 20.3. The summed E-state index contributed by atoms with van der Waals surface area (Å²) in [4.78, 5) is 0. The van der Waals surface area contributed by atoms with E-state index in [4.69, 9.17) is 9.47 Å². The zero-order valence-electron chi connectivity index (χ0n) is 16.5. The van der Waals surface area contributed by atoms with Crippen molar-refractivity contribution in [3.05, 3.63) is 77.4 Å². The second-order valence-electron chi connectivity index (χ2n) is 7.07. The van der Waals surface area contributed by atoms with Crippen molar-refractivity contribution in [3.8, 4) is 34.3 Å². The molecular formula is C23H19IrN4O2-. The minimum atomic E-state index is 0. The molecule has 0 unspecified atom stereocenters. The molecule has 3 aromatic carbocycles. The number of tetrazole rings is 1. The van der Waals surface area contributed by atoms with Gasteiger partial charge < -0.3 is 9.47 Å². The van der Waals surface area contributed by atoms with E-state index in [1.165, 1.54) is 0 Å². The third-order valence-corrected chi connectivity index (χ3v) is 4.99. The summed E-state index contributed by atoms with van der Waals surface area (Å²) in [6.45, 7) is 4.77. The smallest absolute Gasteiger partial charge is 0.128 e. The summed E-state index contributed by atoms with van der Waals surface area (Å²) in [5.41, 5.74) is 4.99. The number of benzene rings is 3. The molecule has 1 aliphatic rings. The molecule has 0 saturated heterocycles. The molecule has 0 saturated carbocycles. The van der Waals surface area contributed by atoms with Crippen molar-refractivity contribution in [2.75, 3.05) is 6.61 Å². The van der Waals surface area contributed by atoms with Crippen LogP contribution in [0, 0.1) is 19.9 Å². The Labute approximate surface area is 188 Å². The number of ether oxygens (including phenoxy) is 2. The Morgan fingerprint density at radius 1 is 1.03 bits per heavy atom. The average molecular weight is 576 g/mol. The molecule has 153 valence electrons. The first-order valence-corrected chi connectivity index (χ1v) is 9.50. The molecule has 2 heterocycles. The SMILES string of the molecule is Cc1cc(Oc2ccccc2)cc(C)c1-n1nnnc1-c1[c-]cc2c(c1)CCO2.[Ir]. The third-order valence-electron chi connectivity index (χ3n) is 4.99. The van der Waals surface area contributed by atoms with Crippen LogP contribution in [0.2, 0.25) is 0 Å². The maximum absolute atomic E-state index is 6.00. The molecule has 0 atom stereocenters. The largest absolute Gasteiger partial charge is 0.536 e. The predicted octanol–water partition coefficient (Wildman–Crippen LogP) is 4.47. The van der Waals surface area contributed by atoms with Gasteiger partial charge in [-0.3, -0.25) is 0 Å². The van der Waals surface area contributed by atoms with E-state index in [2.05, 4.69) is 27.7 Å². The molecule has 7 heteroatoms.